The van der Waals surface area contributed by atoms with E-state index in [1.807, 2.05) is 17.9 Å². The van der Waals surface area contributed by atoms with Gasteiger partial charge in [-0.15, -0.1) is 0 Å². The Hall–Kier alpha value is -1.69. The molecule has 0 fully saturated rings. The highest BCUT2D eigenvalue weighted by Gasteiger charge is 2.03. The van der Waals surface area contributed by atoms with E-state index in [1.165, 1.54) is 0 Å². The van der Waals surface area contributed by atoms with Gasteiger partial charge >= 0.3 is 0 Å². The molecule has 6 heteroatoms. The number of hydrogen-bond donors (Lipinski definition) is 1. The van der Waals surface area contributed by atoms with Crippen LogP contribution in [0.1, 0.15) is 18.4 Å². The third kappa shape index (κ3) is 3.13. The minimum absolute atomic E-state index is 0.713. The van der Waals surface area contributed by atoms with Crippen molar-refractivity contribution in [3.8, 4) is 0 Å². The van der Waals surface area contributed by atoms with Gasteiger partial charge in [-0.05, 0) is 6.54 Å². The first-order chi connectivity index (χ1) is 8.29. The van der Waals surface area contributed by atoms with Gasteiger partial charge in [-0.1, -0.05) is 6.92 Å². The molecule has 0 amide bonds. The van der Waals surface area contributed by atoms with E-state index in [0.29, 0.717) is 6.54 Å². The van der Waals surface area contributed by atoms with Gasteiger partial charge < -0.3 is 9.88 Å². The summed E-state index contributed by atoms with van der Waals surface area (Å²) in [5, 5.41) is 7.33. The molecule has 0 radical (unpaired) electrons. The summed E-state index contributed by atoms with van der Waals surface area (Å²) in [5.41, 5.74) is 1.10. The Morgan fingerprint density at radius 3 is 2.94 bits per heavy atom. The van der Waals surface area contributed by atoms with Gasteiger partial charge in [-0.3, -0.25) is 4.68 Å². The highest BCUT2D eigenvalue weighted by Crippen LogP contribution is 2.00. The van der Waals surface area contributed by atoms with Crippen molar-refractivity contribution < 1.29 is 0 Å². The molecule has 0 spiro atoms. The molecule has 0 aliphatic heterocycles. The monoisotopic (exact) mass is 234 g/mol. The maximum Gasteiger partial charge on any atom is 0.146 e. The smallest absolute Gasteiger partial charge is 0.146 e. The second-order valence-electron chi connectivity index (χ2n) is 3.94. The lowest BCUT2D eigenvalue weighted by Gasteiger charge is -2.00. The topological polar surface area (TPSA) is 60.6 Å². The molecule has 0 unspecified atom stereocenters. The maximum absolute atomic E-state index is 4.36. The molecule has 92 valence electrons. The van der Waals surface area contributed by atoms with Crippen molar-refractivity contribution in [2.75, 3.05) is 13.1 Å². The molecule has 6 nitrogen and oxygen atoms in total. The van der Waals surface area contributed by atoms with Crippen molar-refractivity contribution in [3.63, 3.8) is 0 Å². The van der Waals surface area contributed by atoms with Gasteiger partial charge in [0.25, 0.3) is 0 Å². The second-order valence-corrected chi connectivity index (χ2v) is 3.94. The van der Waals surface area contributed by atoms with Crippen molar-refractivity contribution in [2.45, 2.75) is 19.9 Å². The molecule has 17 heavy (non-hydrogen) atoms. The molecule has 0 aliphatic carbocycles. The van der Waals surface area contributed by atoms with Crippen LogP contribution in [-0.4, -0.2) is 37.4 Å². The summed E-state index contributed by atoms with van der Waals surface area (Å²) in [5.74, 6) is 0.931. The van der Waals surface area contributed by atoms with Crippen LogP contribution in [0.15, 0.2) is 18.9 Å². The normalized spacial score (nSPS) is 10.9. The molecule has 0 atom stereocenters. The molecule has 2 heterocycles. The average molecular weight is 234 g/mol. The van der Waals surface area contributed by atoms with Crippen LogP contribution in [0.2, 0.25) is 0 Å². The van der Waals surface area contributed by atoms with Gasteiger partial charge in [0.05, 0.1) is 18.6 Å². The number of imidazole rings is 1. The number of nitrogens with one attached hydrogen (secondary N) is 1. The van der Waals surface area contributed by atoms with E-state index in [9.17, 15) is 0 Å². The average Bonchev–Trinajstić information content (AvgIpc) is 2.91. The van der Waals surface area contributed by atoms with Gasteiger partial charge in [-0.25, -0.2) is 9.97 Å². The molecule has 1 N–H and O–H groups in total. The summed E-state index contributed by atoms with van der Waals surface area (Å²) in [6, 6.07) is 0. The Balaban J connectivity index is 1.92. The van der Waals surface area contributed by atoms with Gasteiger partial charge in [0.15, 0.2) is 0 Å². The van der Waals surface area contributed by atoms with Crippen molar-refractivity contribution in [1.82, 2.24) is 29.6 Å². The molecule has 0 aromatic carbocycles. The Kier molecular flexibility index (Phi) is 3.87. The zero-order valence-corrected chi connectivity index (χ0v) is 10.3. The number of aryl methyl sites for hydroxylation is 1. The summed E-state index contributed by atoms with van der Waals surface area (Å²) < 4.78 is 3.81. The molecule has 0 bridgehead atoms. The predicted octanol–water partition coefficient (Wildman–Crippen LogP) is 0.212. The molecule has 0 saturated heterocycles. The fourth-order valence-corrected chi connectivity index (χ4v) is 1.64. The first-order valence-corrected chi connectivity index (χ1v) is 5.84. The van der Waals surface area contributed by atoms with E-state index in [-0.39, 0.29) is 0 Å². The SMILES string of the molecule is CCNCCc1cn(Cc2ncnn2C)cn1. The van der Waals surface area contributed by atoms with E-state index in [0.717, 1.165) is 31.0 Å². The van der Waals surface area contributed by atoms with Crippen molar-refractivity contribution in [2.24, 2.45) is 7.05 Å². The largest absolute Gasteiger partial charge is 0.330 e. The quantitative estimate of drug-likeness (QED) is 0.726. The van der Waals surface area contributed by atoms with Crippen LogP contribution >= 0.6 is 0 Å². The fraction of sp³-hybridized carbons (Fsp3) is 0.545. The summed E-state index contributed by atoms with van der Waals surface area (Å²) in [6.45, 7) is 4.79. The number of rotatable bonds is 6. The van der Waals surface area contributed by atoms with E-state index in [2.05, 4.69) is 33.5 Å². The zero-order chi connectivity index (χ0) is 12.1. The molecule has 2 aromatic heterocycles. The van der Waals surface area contributed by atoms with E-state index >= 15 is 0 Å². The Morgan fingerprint density at radius 2 is 2.24 bits per heavy atom. The van der Waals surface area contributed by atoms with Crippen LogP contribution in [0.25, 0.3) is 0 Å². The molecular weight excluding hydrogens is 216 g/mol. The molecule has 2 aromatic rings. The zero-order valence-electron chi connectivity index (χ0n) is 10.3. The van der Waals surface area contributed by atoms with Crippen LogP contribution in [-0.2, 0) is 20.0 Å². The first kappa shape index (κ1) is 11.8. The third-order valence-electron chi connectivity index (χ3n) is 2.62. The highest BCUT2D eigenvalue weighted by atomic mass is 15.3. The van der Waals surface area contributed by atoms with Crippen LogP contribution in [0.4, 0.5) is 0 Å². The fourth-order valence-electron chi connectivity index (χ4n) is 1.64. The number of aromatic nitrogens is 5. The summed E-state index contributed by atoms with van der Waals surface area (Å²) in [7, 11) is 1.89. The Bertz CT molecular complexity index is 458. The second kappa shape index (κ2) is 5.58. The summed E-state index contributed by atoms with van der Waals surface area (Å²) in [4.78, 5) is 8.55. The van der Waals surface area contributed by atoms with E-state index in [1.54, 1.807) is 11.0 Å². The van der Waals surface area contributed by atoms with Crippen LogP contribution in [0.5, 0.6) is 0 Å². The van der Waals surface area contributed by atoms with Crippen molar-refractivity contribution >= 4 is 0 Å². The summed E-state index contributed by atoms with van der Waals surface area (Å²) >= 11 is 0. The molecule has 0 saturated carbocycles. The summed E-state index contributed by atoms with van der Waals surface area (Å²) in [6.07, 6.45) is 6.43. The number of nitrogens with zero attached hydrogens (tertiary/aromatic N) is 5. The van der Waals surface area contributed by atoms with Crippen LogP contribution in [0, 0.1) is 0 Å². The first-order valence-electron chi connectivity index (χ1n) is 5.84. The van der Waals surface area contributed by atoms with E-state index < -0.39 is 0 Å². The van der Waals surface area contributed by atoms with Crippen molar-refractivity contribution in [3.05, 3.63) is 30.4 Å². The lowest BCUT2D eigenvalue weighted by atomic mass is 10.3. The van der Waals surface area contributed by atoms with Gasteiger partial charge in [0, 0.05) is 26.2 Å². The maximum atomic E-state index is 4.36. The Morgan fingerprint density at radius 1 is 1.35 bits per heavy atom. The van der Waals surface area contributed by atoms with Gasteiger partial charge in [0.2, 0.25) is 0 Å². The number of hydrogen-bond acceptors (Lipinski definition) is 4. The lowest BCUT2D eigenvalue weighted by molar-refractivity contribution is 0.652. The lowest BCUT2D eigenvalue weighted by Crippen LogP contribution is -2.16. The standard InChI is InChI=1S/C11H18N6/c1-3-12-5-4-10-6-17(9-14-10)7-11-13-8-15-16(11)2/h6,8-9,12H,3-5,7H2,1-2H3. The molecular formula is C11H18N6. The van der Waals surface area contributed by atoms with Crippen LogP contribution in [0.3, 0.4) is 0 Å². The predicted molar refractivity (Wildman–Crippen MR) is 64.6 cm³/mol. The van der Waals surface area contributed by atoms with E-state index in [4.69, 9.17) is 0 Å². The van der Waals surface area contributed by atoms with Gasteiger partial charge in [-0.2, -0.15) is 5.10 Å². The highest BCUT2D eigenvalue weighted by molar-refractivity contribution is 4.99. The minimum Gasteiger partial charge on any atom is -0.330 e. The minimum atomic E-state index is 0.713. The molecule has 0 aliphatic rings. The molecule has 2 rings (SSSR count). The third-order valence-corrected chi connectivity index (χ3v) is 2.62. The van der Waals surface area contributed by atoms with Crippen LogP contribution < -0.4 is 5.32 Å². The Labute approximate surface area is 101 Å². The van der Waals surface area contributed by atoms with Crippen molar-refractivity contribution in [1.29, 1.82) is 0 Å². The number of likely N-dealkylation sites (N-methyl/N-ethyl adjacent to an activating group) is 1. The van der Waals surface area contributed by atoms with Gasteiger partial charge in [0.1, 0.15) is 12.2 Å².